The second-order valence-corrected chi connectivity index (χ2v) is 6.76. The molecule has 0 saturated carbocycles. The molecule has 1 fully saturated rings. The Hall–Kier alpha value is -2.31. The van der Waals surface area contributed by atoms with Gasteiger partial charge in [0.15, 0.2) is 0 Å². The quantitative estimate of drug-likeness (QED) is 0.649. The molecule has 0 aromatic heterocycles. The van der Waals surface area contributed by atoms with Crippen molar-refractivity contribution in [2.45, 2.75) is 0 Å². The Morgan fingerprint density at radius 3 is 2.54 bits per heavy atom. The maximum Gasteiger partial charge on any atom is 0.267 e. The van der Waals surface area contributed by atoms with E-state index in [1.165, 1.54) is 11.8 Å². The number of hydrogen-bond donors (Lipinski definition) is 1. The third-order valence-corrected chi connectivity index (χ3v) is 4.88. The van der Waals surface area contributed by atoms with Crippen LogP contribution in [0.25, 0.3) is 6.08 Å². The van der Waals surface area contributed by atoms with Gasteiger partial charge in [0, 0.05) is 5.69 Å². The maximum atomic E-state index is 12.5. The van der Waals surface area contributed by atoms with Crippen LogP contribution in [0.1, 0.15) is 5.56 Å². The molecule has 2 aromatic carbocycles. The Kier molecular flexibility index (Phi) is 5.17. The summed E-state index contributed by atoms with van der Waals surface area (Å²) in [5.74, 6) is 0.715. The summed E-state index contributed by atoms with van der Waals surface area (Å²) < 4.78 is 5.69. The number of hydrogen-bond acceptors (Lipinski definition) is 5. The monoisotopic (exact) mass is 356 g/mol. The smallest absolute Gasteiger partial charge is 0.267 e. The predicted molar refractivity (Wildman–Crippen MR) is 103 cm³/mol. The number of carbonyl (C=O) groups is 1. The number of nitrogens with one attached hydrogen (secondary N) is 1. The van der Waals surface area contributed by atoms with E-state index in [0.717, 1.165) is 17.0 Å². The van der Waals surface area contributed by atoms with Crippen molar-refractivity contribution >= 4 is 46.0 Å². The van der Waals surface area contributed by atoms with Gasteiger partial charge >= 0.3 is 0 Å². The molecule has 4 nitrogen and oxygen atoms in total. The van der Waals surface area contributed by atoms with E-state index < -0.39 is 0 Å². The molecule has 0 atom stereocenters. The number of carbonyl (C=O) groups excluding carboxylic acids is 1. The molecule has 0 bridgehead atoms. The first-order valence-electron chi connectivity index (χ1n) is 7.36. The molecule has 6 heteroatoms. The molecule has 122 valence electrons. The maximum absolute atomic E-state index is 12.5. The third kappa shape index (κ3) is 3.77. The molecule has 1 saturated heterocycles. The van der Waals surface area contributed by atoms with Gasteiger partial charge in [0.2, 0.25) is 0 Å². The van der Waals surface area contributed by atoms with Crippen LogP contribution in [0.5, 0.6) is 5.75 Å². The van der Waals surface area contributed by atoms with E-state index in [4.69, 9.17) is 17.0 Å². The summed E-state index contributed by atoms with van der Waals surface area (Å²) in [6, 6.07) is 17.3. The highest BCUT2D eigenvalue weighted by Gasteiger charge is 2.31. The Morgan fingerprint density at radius 2 is 1.88 bits per heavy atom. The van der Waals surface area contributed by atoms with Gasteiger partial charge in [0.25, 0.3) is 5.91 Å². The minimum atomic E-state index is -0.0742. The highest BCUT2D eigenvalue weighted by atomic mass is 32.2. The number of rotatable bonds is 5. The molecule has 0 radical (unpaired) electrons. The molecule has 24 heavy (non-hydrogen) atoms. The van der Waals surface area contributed by atoms with Crippen LogP contribution >= 0.6 is 24.0 Å². The molecule has 0 spiro atoms. The third-order valence-electron chi connectivity index (χ3n) is 3.50. The van der Waals surface area contributed by atoms with Gasteiger partial charge in [-0.3, -0.25) is 9.69 Å². The van der Waals surface area contributed by atoms with E-state index in [0.29, 0.717) is 15.9 Å². The van der Waals surface area contributed by atoms with E-state index in [-0.39, 0.29) is 5.91 Å². The summed E-state index contributed by atoms with van der Waals surface area (Å²) in [6.07, 6.45) is 1.87. The topological polar surface area (TPSA) is 41.6 Å². The van der Waals surface area contributed by atoms with Gasteiger partial charge < -0.3 is 10.1 Å². The van der Waals surface area contributed by atoms with Gasteiger partial charge in [-0.1, -0.05) is 54.3 Å². The van der Waals surface area contributed by atoms with Crippen molar-refractivity contribution in [1.29, 1.82) is 0 Å². The van der Waals surface area contributed by atoms with E-state index >= 15 is 0 Å². The first-order chi connectivity index (χ1) is 11.7. The number of methoxy groups -OCH3 is 1. The van der Waals surface area contributed by atoms with Crippen LogP contribution in [-0.2, 0) is 4.79 Å². The van der Waals surface area contributed by atoms with Crippen LogP contribution in [-0.4, -0.2) is 28.9 Å². The Morgan fingerprint density at radius 1 is 1.17 bits per heavy atom. The molecule has 0 unspecified atom stereocenters. The average molecular weight is 356 g/mol. The highest BCUT2D eigenvalue weighted by Crippen LogP contribution is 2.32. The number of benzene rings is 2. The van der Waals surface area contributed by atoms with Gasteiger partial charge in [0.1, 0.15) is 10.1 Å². The first kappa shape index (κ1) is 16.5. The lowest BCUT2D eigenvalue weighted by atomic mass is 10.2. The first-order valence-corrected chi connectivity index (χ1v) is 8.58. The molecule has 1 aliphatic heterocycles. The van der Waals surface area contributed by atoms with Crippen molar-refractivity contribution in [3.63, 3.8) is 0 Å². The molecule has 1 N–H and O–H groups in total. The van der Waals surface area contributed by atoms with E-state index in [2.05, 4.69) is 5.32 Å². The fourth-order valence-corrected chi connectivity index (χ4v) is 3.47. The van der Waals surface area contributed by atoms with Gasteiger partial charge in [0.05, 0.1) is 18.7 Å². The van der Waals surface area contributed by atoms with Crippen molar-refractivity contribution in [2.24, 2.45) is 0 Å². The van der Waals surface area contributed by atoms with Gasteiger partial charge in [-0.05, 0) is 35.9 Å². The second-order valence-electron chi connectivity index (χ2n) is 5.08. The SMILES string of the molecule is COc1ccc(NCN2C(=O)C(=Cc3ccccc3)SC2=S)cc1. The number of amides is 1. The fourth-order valence-electron chi connectivity index (χ4n) is 2.22. The zero-order chi connectivity index (χ0) is 16.9. The predicted octanol–water partition coefficient (Wildman–Crippen LogP) is 3.97. The van der Waals surface area contributed by atoms with Gasteiger partial charge in [-0.15, -0.1) is 0 Å². The molecule has 1 aliphatic rings. The van der Waals surface area contributed by atoms with Crippen molar-refractivity contribution in [3.05, 3.63) is 65.1 Å². The lowest BCUT2D eigenvalue weighted by Gasteiger charge is -2.16. The molecule has 2 aromatic rings. The minimum absolute atomic E-state index is 0.0742. The van der Waals surface area contributed by atoms with Crippen molar-refractivity contribution in [2.75, 3.05) is 19.1 Å². The van der Waals surface area contributed by atoms with Crippen LogP contribution in [0.2, 0.25) is 0 Å². The molecule has 0 aliphatic carbocycles. The fraction of sp³-hybridized carbons (Fsp3) is 0.111. The number of thioether (sulfide) groups is 1. The summed E-state index contributed by atoms with van der Waals surface area (Å²) in [7, 11) is 1.63. The Balaban J connectivity index is 1.67. The van der Waals surface area contributed by atoms with Crippen molar-refractivity contribution < 1.29 is 9.53 Å². The minimum Gasteiger partial charge on any atom is -0.497 e. The summed E-state index contributed by atoms with van der Waals surface area (Å²) in [4.78, 5) is 14.7. The lowest BCUT2D eigenvalue weighted by Crippen LogP contribution is -2.33. The molecular weight excluding hydrogens is 340 g/mol. The zero-order valence-corrected chi connectivity index (χ0v) is 14.7. The largest absolute Gasteiger partial charge is 0.497 e. The summed E-state index contributed by atoms with van der Waals surface area (Å²) in [6.45, 7) is 0.336. The second kappa shape index (κ2) is 7.51. The molecular formula is C18H16N2O2S2. The van der Waals surface area contributed by atoms with E-state index in [1.807, 2.05) is 60.7 Å². The van der Waals surface area contributed by atoms with Crippen LogP contribution in [0.15, 0.2) is 59.5 Å². The Labute approximate surface area is 150 Å². The summed E-state index contributed by atoms with van der Waals surface area (Å²) >= 11 is 6.66. The standard InChI is InChI=1S/C18H16N2O2S2/c1-22-15-9-7-14(8-10-15)19-12-20-17(21)16(24-18(20)23)11-13-5-3-2-4-6-13/h2-11,19H,12H2,1H3. The van der Waals surface area contributed by atoms with Gasteiger partial charge in [-0.25, -0.2) is 0 Å². The summed E-state index contributed by atoms with van der Waals surface area (Å²) in [5.41, 5.74) is 1.89. The van der Waals surface area contributed by atoms with Crippen LogP contribution in [0.3, 0.4) is 0 Å². The molecule has 3 rings (SSSR count). The van der Waals surface area contributed by atoms with Crippen molar-refractivity contribution in [3.8, 4) is 5.75 Å². The van der Waals surface area contributed by atoms with Crippen LogP contribution in [0, 0.1) is 0 Å². The summed E-state index contributed by atoms with van der Waals surface area (Å²) in [5, 5.41) is 3.20. The normalized spacial score (nSPS) is 15.9. The van der Waals surface area contributed by atoms with E-state index in [9.17, 15) is 4.79 Å². The Bertz CT molecular complexity index is 773. The highest BCUT2D eigenvalue weighted by molar-refractivity contribution is 8.26. The van der Waals surface area contributed by atoms with E-state index in [1.54, 1.807) is 12.0 Å². The average Bonchev–Trinajstić information content (AvgIpc) is 2.88. The number of thiocarbonyl (C=S) groups is 1. The molecule has 1 amide bonds. The lowest BCUT2D eigenvalue weighted by molar-refractivity contribution is -0.121. The van der Waals surface area contributed by atoms with Crippen LogP contribution in [0.4, 0.5) is 5.69 Å². The number of anilines is 1. The zero-order valence-electron chi connectivity index (χ0n) is 13.1. The molecule has 1 heterocycles. The van der Waals surface area contributed by atoms with Crippen LogP contribution < -0.4 is 10.1 Å². The number of nitrogens with zero attached hydrogens (tertiary/aromatic N) is 1. The van der Waals surface area contributed by atoms with Crippen molar-refractivity contribution in [1.82, 2.24) is 4.90 Å². The number of ether oxygens (including phenoxy) is 1. The van der Waals surface area contributed by atoms with Gasteiger partial charge in [-0.2, -0.15) is 0 Å².